The predicted molar refractivity (Wildman–Crippen MR) is 104 cm³/mol. The second kappa shape index (κ2) is 6.79. The highest BCUT2D eigenvalue weighted by molar-refractivity contribution is 5.91. The number of ether oxygens (including phenoxy) is 1. The van der Waals surface area contributed by atoms with Gasteiger partial charge in [0.05, 0.1) is 12.1 Å². The third kappa shape index (κ3) is 3.48. The van der Waals surface area contributed by atoms with Gasteiger partial charge in [0.25, 0.3) is 5.91 Å². The number of aliphatic hydroxyl groups is 1. The number of nitrogens with zero attached hydrogens (tertiary/aromatic N) is 3. The molecule has 29 heavy (non-hydrogen) atoms. The van der Waals surface area contributed by atoms with Crippen LogP contribution in [0, 0.1) is 25.7 Å². The Morgan fingerprint density at radius 2 is 2.14 bits per heavy atom. The van der Waals surface area contributed by atoms with Gasteiger partial charge >= 0.3 is 0 Å². The van der Waals surface area contributed by atoms with Crippen LogP contribution in [0.15, 0.2) is 28.9 Å². The molecule has 0 radical (unpaired) electrons. The Balaban J connectivity index is 1.79. The van der Waals surface area contributed by atoms with Crippen molar-refractivity contribution < 1.29 is 19.2 Å². The fraction of sp³-hybridized carbons (Fsp3) is 0.286. The average Bonchev–Trinajstić information content (AvgIpc) is 3.25. The number of aromatic nitrogens is 3. The van der Waals surface area contributed by atoms with Crippen molar-refractivity contribution in [3.63, 3.8) is 0 Å². The first-order chi connectivity index (χ1) is 13.7. The van der Waals surface area contributed by atoms with Gasteiger partial charge in [0.1, 0.15) is 35.3 Å². The summed E-state index contributed by atoms with van der Waals surface area (Å²) >= 11 is 0. The van der Waals surface area contributed by atoms with Crippen LogP contribution in [0.25, 0.3) is 11.4 Å². The van der Waals surface area contributed by atoms with Crippen molar-refractivity contribution in [3.05, 3.63) is 52.7 Å². The normalized spacial score (nSPS) is 14.5. The lowest BCUT2D eigenvalue weighted by molar-refractivity contribution is 0.0995. The lowest BCUT2D eigenvalue weighted by atomic mass is 9.99. The number of carbonyl (C=O) groups is 1. The molecule has 4 rings (SSSR count). The van der Waals surface area contributed by atoms with Gasteiger partial charge in [-0.05, 0) is 38.5 Å². The predicted octanol–water partition coefficient (Wildman–Crippen LogP) is 1.91. The number of primary amides is 1. The number of hydrogen-bond donors (Lipinski definition) is 2. The van der Waals surface area contributed by atoms with Crippen molar-refractivity contribution in [3.8, 4) is 29.0 Å². The maximum Gasteiger partial charge on any atom is 0.268 e. The number of aryl methyl sites for hydroxylation is 2. The van der Waals surface area contributed by atoms with Crippen molar-refractivity contribution in [2.24, 2.45) is 5.73 Å². The maximum absolute atomic E-state index is 11.5. The zero-order valence-electron chi connectivity index (χ0n) is 16.3. The smallest absolute Gasteiger partial charge is 0.268 e. The van der Waals surface area contributed by atoms with Gasteiger partial charge in [-0.3, -0.25) is 4.79 Å². The fourth-order valence-electron chi connectivity index (χ4n) is 3.13. The summed E-state index contributed by atoms with van der Waals surface area (Å²) in [5, 5.41) is 14.5. The third-order valence-electron chi connectivity index (χ3n) is 4.75. The Bertz CT molecular complexity index is 1180. The van der Waals surface area contributed by atoms with E-state index < -0.39 is 11.5 Å². The van der Waals surface area contributed by atoms with Crippen molar-refractivity contribution in [1.82, 2.24) is 14.7 Å². The Morgan fingerprint density at radius 3 is 2.83 bits per heavy atom. The molecule has 0 spiro atoms. The number of amides is 1. The largest absolute Gasteiger partial charge is 0.491 e. The molecule has 0 fully saturated rings. The molecule has 0 saturated carbocycles. The molecule has 0 saturated heterocycles. The van der Waals surface area contributed by atoms with Crippen LogP contribution < -0.4 is 10.5 Å². The van der Waals surface area contributed by atoms with E-state index in [0.717, 1.165) is 5.56 Å². The number of nitrogens with two attached hydrogens (primary N) is 1. The fourth-order valence-corrected chi connectivity index (χ4v) is 3.13. The van der Waals surface area contributed by atoms with E-state index in [-0.39, 0.29) is 5.69 Å². The standard InChI is InChI=1S/C21H20N4O4/c1-12-8-17-15(20-23-16(19(22)26)11-25(20)6-7-28-17)10-14(12)4-5-21(3,27)18-9-13(2)29-24-18/h8-11,27H,6-7H2,1-3H3,(H2,22,26)/t21-/m1/s1. The average molecular weight is 392 g/mol. The van der Waals surface area contributed by atoms with Crippen molar-refractivity contribution >= 4 is 5.91 Å². The molecule has 0 aliphatic carbocycles. The first kappa shape index (κ1) is 18.8. The van der Waals surface area contributed by atoms with E-state index in [1.807, 2.05) is 23.6 Å². The molecule has 3 aromatic rings. The number of imidazole rings is 1. The van der Waals surface area contributed by atoms with Gasteiger partial charge in [0, 0.05) is 17.8 Å². The van der Waals surface area contributed by atoms with Crippen LogP contribution in [0.5, 0.6) is 5.75 Å². The minimum absolute atomic E-state index is 0.199. The Labute approximate surface area is 167 Å². The molecule has 1 atom stereocenters. The van der Waals surface area contributed by atoms with E-state index >= 15 is 0 Å². The zero-order valence-corrected chi connectivity index (χ0v) is 16.3. The van der Waals surface area contributed by atoms with Gasteiger partial charge in [-0.25, -0.2) is 4.98 Å². The highest BCUT2D eigenvalue weighted by Gasteiger charge is 2.25. The first-order valence-electron chi connectivity index (χ1n) is 9.09. The number of carbonyl (C=O) groups excluding carboxylic acids is 1. The molecule has 2 aromatic heterocycles. The molecule has 1 amide bonds. The van der Waals surface area contributed by atoms with E-state index in [4.69, 9.17) is 15.0 Å². The number of benzene rings is 1. The summed E-state index contributed by atoms with van der Waals surface area (Å²) in [6.45, 7) is 6.21. The van der Waals surface area contributed by atoms with E-state index in [2.05, 4.69) is 22.0 Å². The molecule has 0 bridgehead atoms. The lowest BCUT2D eigenvalue weighted by Crippen LogP contribution is -2.18. The highest BCUT2D eigenvalue weighted by Crippen LogP contribution is 2.34. The van der Waals surface area contributed by atoms with Crippen LogP contribution in [-0.2, 0) is 12.1 Å². The van der Waals surface area contributed by atoms with Crippen molar-refractivity contribution in [2.45, 2.75) is 32.9 Å². The number of hydrogen-bond acceptors (Lipinski definition) is 6. The third-order valence-corrected chi connectivity index (χ3v) is 4.75. The van der Waals surface area contributed by atoms with Crippen LogP contribution >= 0.6 is 0 Å². The zero-order chi connectivity index (χ0) is 20.8. The van der Waals surface area contributed by atoms with E-state index in [1.165, 1.54) is 0 Å². The molecule has 148 valence electrons. The minimum Gasteiger partial charge on any atom is -0.491 e. The molecule has 8 nitrogen and oxygen atoms in total. The number of fused-ring (bicyclic) bond motifs is 3. The molecular formula is C21H20N4O4. The van der Waals surface area contributed by atoms with Gasteiger partial charge in [-0.15, -0.1) is 0 Å². The maximum atomic E-state index is 11.5. The molecule has 3 heterocycles. The molecule has 8 heteroatoms. The quantitative estimate of drug-likeness (QED) is 0.644. The van der Waals surface area contributed by atoms with Gasteiger partial charge in [-0.1, -0.05) is 17.0 Å². The number of rotatable bonds is 2. The molecule has 1 aliphatic heterocycles. The summed E-state index contributed by atoms with van der Waals surface area (Å²) < 4.78 is 12.7. The van der Waals surface area contributed by atoms with Crippen LogP contribution in [-0.4, -0.2) is 32.3 Å². The Hall–Kier alpha value is -3.57. The van der Waals surface area contributed by atoms with Crippen molar-refractivity contribution in [2.75, 3.05) is 6.61 Å². The van der Waals surface area contributed by atoms with E-state index in [9.17, 15) is 9.90 Å². The summed E-state index contributed by atoms with van der Waals surface area (Å²) in [5.74, 6) is 7.14. The SMILES string of the molecule is Cc1cc([C@](C)(O)C#Cc2cc3c(cc2C)OCCn2cc(C(N)=O)nc2-3)no1. The summed E-state index contributed by atoms with van der Waals surface area (Å²) in [5.41, 5.74) is 6.76. The summed E-state index contributed by atoms with van der Waals surface area (Å²) in [6.07, 6.45) is 1.62. The lowest BCUT2D eigenvalue weighted by Gasteiger charge is -2.12. The highest BCUT2D eigenvalue weighted by atomic mass is 16.5. The first-order valence-corrected chi connectivity index (χ1v) is 9.09. The summed E-state index contributed by atoms with van der Waals surface area (Å²) in [6, 6.07) is 5.37. The summed E-state index contributed by atoms with van der Waals surface area (Å²) in [7, 11) is 0. The minimum atomic E-state index is -1.47. The van der Waals surface area contributed by atoms with Crippen LogP contribution in [0.4, 0.5) is 0 Å². The van der Waals surface area contributed by atoms with Gasteiger partial charge in [-0.2, -0.15) is 0 Å². The Morgan fingerprint density at radius 1 is 1.34 bits per heavy atom. The van der Waals surface area contributed by atoms with Crippen LogP contribution in [0.3, 0.4) is 0 Å². The molecule has 3 N–H and O–H groups in total. The topological polar surface area (TPSA) is 116 Å². The second-order valence-corrected chi connectivity index (χ2v) is 7.16. The molecular weight excluding hydrogens is 372 g/mol. The monoisotopic (exact) mass is 392 g/mol. The van der Waals surface area contributed by atoms with Gasteiger partial charge in [0.2, 0.25) is 0 Å². The molecule has 1 aromatic carbocycles. The molecule has 0 unspecified atom stereocenters. The Kier molecular flexibility index (Phi) is 4.40. The van der Waals surface area contributed by atoms with Crippen LogP contribution in [0.2, 0.25) is 0 Å². The van der Waals surface area contributed by atoms with E-state index in [0.29, 0.717) is 47.3 Å². The second-order valence-electron chi connectivity index (χ2n) is 7.16. The van der Waals surface area contributed by atoms with Gasteiger partial charge < -0.3 is 24.7 Å². The van der Waals surface area contributed by atoms with Crippen molar-refractivity contribution in [1.29, 1.82) is 0 Å². The van der Waals surface area contributed by atoms with Crippen LogP contribution in [0.1, 0.15) is 40.0 Å². The van der Waals surface area contributed by atoms with E-state index in [1.54, 1.807) is 26.1 Å². The molecule has 1 aliphatic rings. The summed E-state index contributed by atoms with van der Waals surface area (Å²) in [4.78, 5) is 15.9. The van der Waals surface area contributed by atoms with Gasteiger partial charge in [0.15, 0.2) is 5.60 Å².